The first-order valence-electron chi connectivity index (χ1n) is 26.6. The summed E-state index contributed by atoms with van der Waals surface area (Å²) in [6, 6.07) is 5.03. The molecule has 4 aromatic rings. The van der Waals surface area contributed by atoms with Gasteiger partial charge in [-0.25, -0.2) is 19.2 Å². The van der Waals surface area contributed by atoms with E-state index in [2.05, 4.69) is 160 Å². The minimum absolute atomic E-state index is 0.248. The van der Waals surface area contributed by atoms with Crippen molar-refractivity contribution >= 4 is 125 Å². The summed E-state index contributed by atoms with van der Waals surface area (Å²) in [6.45, 7) is 12.2. The summed E-state index contributed by atoms with van der Waals surface area (Å²) in [5.74, 6) is 0. The molecule has 4 saturated heterocycles. The van der Waals surface area contributed by atoms with E-state index < -0.39 is 138 Å². The molecule has 472 valence electrons. The van der Waals surface area contributed by atoms with Gasteiger partial charge in [-0.2, -0.15) is 0 Å². The fraction of sp³-hybridized carbons (Fsp3) is 0.615. The molecule has 0 radical (unpaired) electrons. The Labute approximate surface area is 526 Å². The number of rotatable bonds is 16. The molecule has 16 atom stereocenters. The first kappa shape index (κ1) is 72.6. The molecule has 32 heteroatoms. The number of nitrogens with one attached hydrogen (secondary N) is 4. The Kier molecular flexibility index (Phi) is 26.4. The molecule has 84 heavy (non-hydrogen) atoms. The van der Waals surface area contributed by atoms with Gasteiger partial charge in [-0.3, -0.25) is 57.4 Å². The van der Waals surface area contributed by atoms with Gasteiger partial charge >= 0.3 is 22.8 Å². The third-order valence-corrected chi connectivity index (χ3v) is 23.8. The summed E-state index contributed by atoms with van der Waals surface area (Å²) >= 11 is 13.8. The topological polar surface area (TPSA) is 337 Å². The number of hydrogen-bond acceptors (Lipinski definition) is 16. The maximum absolute atomic E-state index is 11.8. The van der Waals surface area contributed by atoms with Crippen LogP contribution in [0.2, 0.25) is 0 Å². The molecule has 0 saturated carbocycles. The van der Waals surface area contributed by atoms with Gasteiger partial charge in [-0.15, -0.1) is 64.3 Å². The van der Waals surface area contributed by atoms with E-state index in [1.807, 2.05) is 0 Å². The predicted octanol–water partition coefficient (Wildman–Crippen LogP) is 2.55. The molecule has 8 heterocycles. The molecule has 24 nitrogen and oxygen atoms in total. The highest BCUT2D eigenvalue weighted by atomic mass is 127. The Hall–Kier alpha value is -2.17. The fourth-order valence-corrected chi connectivity index (χ4v) is 15.9. The summed E-state index contributed by atoms with van der Waals surface area (Å²) in [5.41, 5.74) is -4.02. The number of halogens is 4. The van der Waals surface area contributed by atoms with Crippen LogP contribution < -0.4 is 45.0 Å². The van der Waals surface area contributed by atoms with E-state index in [9.17, 15) is 58.8 Å². The second-order valence-corrected chi connectivity index (χ2v) is 45.6. The normalized spacial score (nSPS) is 29.7. The molecule has 0 aliphatic carbocycles. The lowest BCUT2D eigenvalue weighted by Crippen LogP contribution is -2.35. The van der Waals surface area contributed by atoms with Gasteiger partial charge in [-0.05, 0) is 104 Å². The van der Waals surface area contributed by atoms with Crippen molar-refractivity contribution in [3.05, 3.63) is 132 Å². The molecule has 4 unspecified atom stereocenters. The van der Waals surface area contributed by atoms with Crippen molar-refractivity contribution in [2.45, 2.75) is 117 Å². The third kappa shape index (κ3) is 21.0. The van der Waals surface area contributed by atoms with Gasteiger partial charge in [-0.1, -0.05) is 61.1 Å². The Balaban J connectivity index is 0.000000205. The lowest BCUT2D eigenvalue weighted by molar-refractivity contribution is -0.0210. The van der Waals surface area contributed by atoms with E-state index >= 15 is 0 Å². The second kappa shape index (κ2) is 30.6. The molecular weight excluding hydrogens is 1490 g/mol. The lowest BCUT2D eigenvalue weighted by Gasteiger charge is -2.19. The molecule has 4 aliphatic heterocycles. The number of aliphatic hydroxyl groups is 4. The molecule has 0 aromatic carbocycles. The number of H-pyrrole nitrogens is 4. The number of alkyl halides is 4. The van der Waals surface area contributed by atoms with Crippen LogP contribution in [-0.4, -0.2) is 229 Å². The number of hydrogen-bond donors (Lipinski definition) is 8. The summed E-state index contributed by atoms with van der Waals surface area (Å²) in [6.07, 6.45) is 21.7. The SMILES string of the molecule is C=P(C)(C)CC[C@H]1OC(n2ccc(=O)[nH]c2=O)[C@H](Br)[C@@H]1O.C=P(C)(C)CC[C@H]1OC(n2ccc(=O)[nH]c2=O)[C@H](Cl)[C@@H]1O.C=P(C)(C)CC[C@H]1OC(n2ccc(=O)[nH]c2=O)[C@H](I)[C@@H]1O.C=P(C)(C)CC[C@H]1OC(n2ccc(=O)[nH]c2=O)[C@H](I)[C@@H]1O. The van der Waals surface area contributed by atoms with Gasteiger partial charge in [0.05, 0.1) is 55.4 Å². The van der Waals surface area contributed by atoms with Crippen LogP contribution in [0.15, 0.2) is 87.4 Å². The summed E-state index contributed by atoms with van der Waals surface area (Å²) in [4.78, 5) is 100. The molecule has 0 bridgehead atoms. The largest absolute Gasteiger partial charge is 0.389 e. The number of nitrogens with zero attached hydrogens (tertiary/aromatic N) is 4. The van der Waals surface area contributed by atoms with Crippen LogP contribution in [0.1, 0.15) is 50.6 Å². The van der Waals surface area contributed by atoms with E-state index in [-0.39, 0.29) is 26.2 Å². The summed E-state index contributed by atoms with van der Waals surface area (Å²) in [5, 5.41) is 40.3. The molecule has 4 fully saturated rings. The zero-order valence-electron chi connectivity index (χ0n) is 48.1. The van der Waals surface area contributed by atoms with Gasteiger partial charge in [0.2, 0.25) is 0 Å². The van der Waals surface area contributed by atoms with Crippen molar-refractivity contribution in [3.63, 3.8) is 0 Å². The minimum Gasteiger partial charge on any atom is -0.389 e. The first-order chi connectivity index (χ1) is 38.7. The quantitative estimate of drug-likeness (QED) is 0.0454. The minimum atomic E-state index is -1.22. The van der Waals surface area contributed by atoms with E-state index in [0.29, 0.717) is 12.8 Å². The van der Waals surface area contributed by atoms with Gasteiger partial charge in [0.15, 0.2) is 24.9 Å². The van der Waals surface area contributed by atoms with Crippen molar-refractivity contribution < 1.29 is 39.4 Å². The van der Waals surface area contributed by atoms with Crippen molar-refractivity contribution in [3.8, 4) is 0 Å². The third-order valence-electron chi connectivity index (χ3n) is 13.8. The molecular formula is C52H80BrClI2N8O16P4. The van der Waals surface area contributed by atoms with Gasteiger partial charge in [0.1, 0.15) is 11.5 Å². The number of aliphatic hydroxyl groups excluding tert-OH is 4. The second-order valence-electron chi connectivity index (χ2n) is 23.9. The van der Waals surface area contributed by atoms with Gasteiger partial charge in [0.25, 0.3) is 22.2 Å². The van der Waals surface area contributed by atoms with Crippen molar-refractivity contribution in [1.82, 2.24) is 38.2 Å². The molecule has 4 aromatic heterocycles. The van der Waals surface area contributed by atoms with Crippen molar-refractivity contribution in [1.29, 1.82) is 0 Å². The Morgan fingerprint density at radius 2 is 0.690 bits per heavy atom. The predicted molar refractivity (Wildman–Crippen MR) is 364 cm³/mol. The highest BCUT2D eigenvalue weighted by Gasteiger charge is 2.47. The monoisotopic (exact) mass is 1560 g/mol. The average Bonchev–Trinajstić information content (AvgIpc) is 3.02. The van der Waals surface area contributed by atoms with E-state index in [0.717, 1.165) is 37.5 Å². The Bertz CT molecular complexity index is 3130. The maximum atomic E-state index is 11.8. The molecule has 8 N–H and O–H groups in total. The highest BCUT2D eigenvalue weighted by Crippen LogP contribution is 2.44. The van der Waals surface area contributed by atoms with Crippen LogP contribution in [0, 0.1) is 0 Å². The van der Waals surface area contributed by atoms with E-state index in [1.165, 1.54) is 67.3 Å². The van der Waals surface area contributed by atoms with Crippen LogP contribution in [-0.2, 0) is 18.9 Å². The number of aromatic amines is 4. The maximum Gasteiger partial charge on any atom is 0.330 e. The van der Waals surface area contributed by atoms with Crippen molar-refractivity contribution in [2.24, 2.45) is 0 Å². The lowest BCUT2D eigenvalue weighted by atomic mass is 10.1. The van der Waals surface area contributed by atoms with Crippen LogP contribution in [0.25, 0.3) is 0 Å². The Morgan fingerprint density at radius 1 is 0.452 bits per heavy atom. The summed E-state index contributed by atoms with van der Waals surface area (Å²) < 4.78 is 27.9. The van der Waals surface area contributed by atoms with Gasteiger partial charge < -0.3 is 39.4 Å². The summed E-state index contributed by atoms with van der Waals surface area (Å²) in [7, 11) is 0. The van der Waals surface area contributed by atoms with Crippen LogP contribution in [0.4, 0.5) is 0 Å². The van der Waals surface area contributed by atoms with Gasteiger partial charge in [0, 0.05) is 49.1 Å². The van der Waals surface area contributed by atoms with Crippen LogP contribution in [0.3, 0.4) is 0 Å². The number of ether oxygens (including phenoxy) is 4. The van der Waals surface area contributed by atoms with Crippen molar-refractivity contribution in [2.75, 3.05) is 78.0 Å². The smallest absolute Gasteiger partial charge is 0.330 e. The molecule has 0 spiro atoms. The van der Waals surface area contributed by atoms with Crippen LogP contribution >= 0.6 is 100 Å². The molecule has 4 aliphatic rings. The first-order valence-corrected chi connectivity index (χ1v) is 42.7. The highest BCUT2D eigenvalue weighted by molar-refractivity contribution is 14.1. The molecule has 0 amide bonds. The fourth-order valence-electron chi connectivity index (χ4n) is 9.08. The standard InChI is InChI=1S/C13H20BrN2O4P.C13H20ClN2O4P.2C13H20IN2O4P/c4*1-21(2,3)7-5-8-11(18)10(14)12(20-8)16-6-4-9(17)15-13(16)19/h4*4,6,8,10-12,18H,1,5,7H2,2-3H3,(H,15,17,19)/t4*8-,10-,11-,12?/m1111/s1. The number of aromatic nitrogens is 8. The van der Waals surface area contributed by atoms with E-state index in [4.69, 9.17) is 30.5 Å². The van der Waals surface area contributed by atoms with Crippen LogP contribution in [0.5, 0.6) is 0 Å². The zero-order chi connectivity index (χ0) is 63.1. The Morgan fingerprint density at radius 3 is 0.976 bits per heavy atom. The average molecular weight is 1570 g/mol. The van der Waals surface area contributed by atoms with E-state index in [1.54, 1.807) is 0 Å². The zero-order valence-corrected chi connectivity index (χ0v) is 58.4. The molecule has 8 rings (SSSR count).